The molecule has 11 heavy (non-hydrogen) atoms. The highest BCUT2D eigenvalue weighted by molar-refractivity contribution is 4.85. The summed E-state index contributed by atoms with van der Waals surface area (Å²) in [4.78, 5) is 0. The van der Waals surface area contributed by atoms with Crippen molar-refractivity contribution in [2.75, 3.05) is 19.8 Å². The van der Waals surface area contributed by atoms with Crippen LogP contribution >= 0.6 is 0 Å². The van der Waals surface area contributed by atoms with Gasteiger partial charge in [0.15, 0.2) is 0 Å². The summed E-state index contributed by atoms with van der Waals surface area (Å²) in [6, 6.07) is 0.582. The summed E-state index contributed by atoms with van der Waals surface area (Å²) in [6.07, 6.45) is 2.68. The Bertz CT molecular complexity index is 102. The van der Waals surface area contributed by atoms with Crippen LogP contribution in [0.3, 0.4) is 0 Å². The molecule has 0 saturated heterocycles. The Balaban J connectivity index is 1.92. The predicted octanol–water partition coefficient (Wildman–Crippen LogP) is 0.136. The van der Waals surface area contributed by atoms with E-state index in [0.717, 1.165) is 19.4 Å². The summed E-state index contributed by atoms with van der Waals surface area (Å²) < 4.78 is 5.39. The van der Waals surface area contributed by atoms with E-state index >= 15 is 0 Å². The number of aliphatic hydroxyl groups excluding tert-OH is 1. The molecule has 0 radical (unpaired) electrons. The molecule has 1 rings (SSSR count). The van der Waals surface area contributed by atoms with E-state index in [0.29, 0.717) is 18.7 Å². The number of aliphatic hydroxyl groups is 1. The van der Waals surface area contributed by atoms with Crippen molar-refractivity contribution in [2.45, 2.75) is 31.9 Å². The fraction of sp³-hybridized carbons (Fsp3) is 1.00. The van der Waals surface area contributed by atoms with Crippen molar-refractivity contribution in [1.29, 1.82) is 0 Å². The molecule has 3 nitrogen and oxygen atoms in total. The third kappa shape index (κ3) is 2.77. The van der Waals surface area contributed by atoms with Gasteiger partial charge in [0.05, 0.1) is 12.7 Å². The van der Waals surface area contributed by atoms with Gasteiger partial charge in [-0.25, -0.2) is 0 Å². The monoisotopic (exact) mass is 159 g/mol. The zero-order chi connectivity index (χ0) is 8.10. The largest absolute Gasteiger partial charge is 0.395 e. The zero-order valence-corrected chi connectivity index (χ0v) is 7.05. The topological polar surface area (TPSA) is 41.5 Å². The third-order valence-corrected chi connectivity index (χ3v) is 2.04. The first kappa shape index (κ1) is 8.97. The number of hydrogen-bond acceptors (Lipinski definition) is 3. The first-order chi connectivity index (χ1) is 5.36. The molecule has 0 aromatic carbocycles. The molecule has 0 aromatic heterocycles. The minimum Gasteiger partial charge on any atom is -0.395 e. The molecule has 66 valence electrons. The van der Waals surface area contributed by atoms with Gasteiger partial charge < -0.3 is 15.2 Å². The third-order valence-electron chi connectivity index (χ3n) is 2.04. The highest BCUT2D eigenvalue weighted by atomic mass is 16.5. The van der Waals surface area contributed by atoms with Crippen LogP contribution in [0.25, 0.3) is 0 Å². The van der Waals surface area contributed by atoms with E-state index in [4.69, 9.17) is 9.84 Å². The molecule has 0 aliphatic heterocycles. The van der Waals surface area contributed by atoms with Crippen LogP contribution in [0.4, 0.5) is 0 Å². The van der Waals surface area contributed by atoms with Crippen LogP contribution in [0.5, 0.6) is 0 Å². The van der Waals surface area contributed by atoms with Gasteiger partial charge in [0.25, 0.3) is 0 Å². The Morgan fingerprint density at radius 3 is 2.82 bits per heavy atom. The summed E-state index contributed by atoms with van der Waals surface area (Å²) in [6.45, 7) is 3.78. The second-order valence-corrected chi connectivity index (χ2v) is 2.92. The molecule has 1 saturated carbocycles. The molecule has 0 atom stereocenters. The molecule has 0 aromatic rings. The van der Waals surface area contributed by atoms with E-state index in [2.05, 4.69) is 5.32 Å². The number of hydrogen-bond donors (Lipinski definition) is 2. The number of rotatable bonds is 5. The van der Waals surface area contributed by atoms with Crippen molar-refractivity contribution in [3.8, 4) is 0 Å². The normalized spacial score (nSPS) is 30.0. The van der Waals surface area contributed by atoms with Crippen LogP contribution in [0.2, 0.25) is 0 Å². The minimum atomic E-state index is 0.232. The number of nitrogens with one attached hydrogen (secondary N) is 1. The van der Waals surface area contributed by atoms with Crippen molar-refractivity contribution >= 4 is 0 Å². The van der Waals surface area contributed by atoms with Crippen molar-refractivity contribution in [1.82, 2.24) is 5.32 Å². The second-order valence-electron chi connectivity index (χ2n) is 2.92. The van der Waals surface area contributed by atoms with Crippen molar-refractivity contribution in [3.63, 3.8) is 0 Å². The smallest absolute Gasteiger partial charge is 0.0604 e. The Morgan fingerprint density at radius 2 is 2.27 bits per heavy atom. The highest BCUT2D eigenvalue weighted by Gasteiger charge is 2.28. The second kappa shape index (κ2) is 4.70. The van der Waals surface area contributed by atoms with Gasteiger partial charge in [0, 0.05) is 19.2 Å². The minimum absolute atomic E-state index is 0.232. The van der Waals surface area contributed by atoms with Gasteiger partial charge in [-0.2, -0.15) is 0 Å². The predicted molar refractivity (Wildman–Crippen MR) is 43.5 cm³/mol. The molecule has 0 amide bonds. The van der Waals surface area contributed by atoms with Gasteiger partial charge in [-0.15, -0.1) is 0 Å². The number of ether oxygens (including phenoxy) is 1. The summed E-state index contributed by atoms with van der Waals surface area (Å²) in [5, 5.41) is 11.7. The van der Waals surface area contributed by atoms with E-state index in [-0.39, 0.29) is 6.61 Å². The lowest BCUT2D eigenvalue weighted by Gasteiger charge is -2.35. The molecular weight excluding hydrogens is 142 g/mol. The van der Waals surface area contributed by atoms with Gasteiger partial charge in [-0.3, -0.25) is 0 Å². The maximum Gasteiger partial charge on any atom is 0.0604 e. The Kier molecular flexibility index (Phi) is 3.83. The van der Waals surface area contributed by atoms with Gasteiger partial charge >= 0.3 is 0 Å². The molecular formula is C8H17NO2. The lowest BCUT2D eigenvalue weighted by atomic mass is 9.89. The summed E-state index contributed by atoms with van der Waals surface area (Å²) >= 11 is 0. The zero-order valence-electron chi connectivity index (χ0n) is 7.05. The average molecular weight is 159 g/mol. The van der Waals surface area contributed by atoms with Gasteiger partial charge in [-0.1, -0.05) is 0 Å². The van der Waals surface area contributed by atoms with Gasteiger partial charge in [-0.05, 0) is 19.8 Å². The molecule has 0 unspecified atom stereocenters. The van der Waals surface area contributed by atoms with E-state index in [1.165, 1.54) is 0 Å². The van der Waals surface area contributed by atoms with Gasteiger partial charge in [0.2, 0.25) is 0 Å². The Morgan fingerprint density at radius 1 is 1.55 bits per heavy atom. The Labute approximate surface area is 67.7 Å². The van der Waals surface area contributed by atoms with E-state index in [9.17, 15) is 0 Å². The van der Waals surface area contributed by atoms with Crippen LogP contribution in [0.15, 0.2) is 0 Å². The molecule has 1 aliphatic carbocycles. The maximum absolute atomic E-state index is 8.51. The quantitative estimate of drug-likeness (QED) is 0.599. The van der Waals surface area contributed by atoms with E-state index < -0.39 is 0 Å². The molecule has 0 bridgehead atoms. The van der Waals surface area contributed by atoms with Gasteiger partial charge in [0.1, 0.15) is 0 Å². The van der Waals surface area contributed by atoms with Crippen LogP contribution in [-0.4, -0.2) is 37.0 Å². The first-order valence-electron chi connectivity index (χ1n) is 4.32. The summed E-state index contributed by atoms with van der Waals surface area (Å²) in [5.41, 5.74) is 0. The lowest BCUT2D eigenvalue weighted by molar-refractivity contribution is -0.0105. The SMILES string of the molecule is CCOC1CC(NCCO)C1. The van der Waals surface area contributed by atoms with Crippen LogP contribution < -0.4 is 5.32 Å². The highest BCUT2D eigenvalue weighted by Crippen LogP contribution is 2.22. The van der Waals surface area contributed by atoms with Crippen LogP contribution in [0.1, 0.15) is 19.8 Å². The maximum atomic E-state index is 8.51. The van der Waals surface area contributed by atoms with E-state index in [1.54, 1.807) is 0 Å². The van der Waals surface area contributed by atoms with E-state index in [1.807, 2.05) is 6.92 Å². The molecule has 3 heteroatoms. The first-order valence-corrected chi connectivity index (χ1v) is 4.32. The van der Waals surface area contributed by atoms with Crippen LogP contribution in [-0.2, 0) is 4.74 Å². The summed E-state index contributed by atoms with van der Waals surface area (Å²) in [5.74, 6) is 0. The average Bonchev–Trinajstić information content (AvgIpc) is 1.94. The molecule has 0 heterocycles. The summed E-state index contributed by atoms with van der Waals surface area (Å²) in [7, 11) is 0. The standard InChI is InChI=1S/C8H17NO2/c1-2-11-8-5-7(6-8)9-3-4-10/h7-10H,2-6H2,1H3. The lowest BCUT2D eigenvalue weighted by Crippen LogP contribution is -2.46. The molecule has 2 N–H and O–H groups in total. The van der Waals surface area contributed by atoms with Crippen molar-refractivity contribution in [3.05, 3.63) is 0 Å². The fourth-order valence-corrected chi connectivity index (χ4v) is 1.37. The van der Waals surface area contributed by atoms with Crippen molar-refractivity contribution < 1.29 is 9.84 Å². The molecule has 0 spiro atoms. The van der Waals surface area contributed by atoms with Crippen LogP contribution in [0, 0.1) is 0 Å². The molecule has 1 aliphatic rings. The van der Waals surface area contributed by atoms with Crippen molar-refractivity contribution in [2.24, 2.45) is 0 Å². The molecule has 1 fully saturated rings. The Hall–Kier alpha value is -0.120. The fourth-order valence-electron chi connectivity index (χ4n) is 1.37.